The second-order valence-electron chi connectivity index (χ2n) is 7.21. The lowest BCUT2D eigenvalue weighted by Crippen LogP contribution is -2.56. The third-order valence-electron chi connectivity index (χ3n) is 5.22. The topological polar surface area (TPSA) is 93.8 Å². The highest BCUT2D eigenvalue weighted by molar-refractivity contribution is 5.88. The second-order valence-corrected chi connectivity index (χ2v) is 7.21. The molecule has 3 N–H and O–H groups in total. The summed E-state index contributed by atoms with van der Waals surface area (Å²) in [6.45, 7) is 4.35. The van der Waals surface area contributed by atoms with E-state index in [0.29, 0.717) is 32.7 Å². The molecule has 152 valence electrons. The average Bonchev–Trinajstić information content (AvgIpc) is 3.10. The standard InChI is InChI=1S/C20H29N5O3/c26-18(21-8-13-25-14-10-23-20(25)28)15-17-19(27)22-9-12-24(17)11-4-7-16-5-2-1-3-6-16/h1-3,5-6,17H,4,7-15H2,(H,21,26)(H,22,27)(H,23,28). The monoisotopic (exact) mass is 387 g/mol. The SMILES string of the molecule is O=C(CC1C(=O)NCCN1CCCc1ccccc1)NCCN1CCNC1=O. The molecule has 2 heterocycles. The number of amides is 4. The normalized spacial score (nSPS) is 20.0. The predicted molar refractivity (Wildman–Crippen MR) is 106 cm³/mol. The molecule has 2 saturated heterocycles. The Balaban J connectivity index is 1.43. The summed E-state index contributed by atoms with van der Waals surface area (Å²) in [6, 6.07) is 9.75. The van der Waals surface area contributed by atoms with E-state index in [2.05, 4.69) is 33.0 Å². The largest absolute Gasteiger partial charge is 0.354 e. The molecule has 3 rings (SSSR count). The van der Waals surface area contributed by atoms with Crippen molar-refractivity contribution in [2.24, 2.45) is 0 Å². The van der Waals surface area contributed by atoms with Crippen molar-refractivity contribution in [3.63, 3.8) is 0 Å². The summed E-state index contributed by atoms with van der Waals surface area (Å²) in [7, 11) is 0. The molecule has 8 nitrogen and oxygen atoms in total. The number of nitrogens with zero attached hydrogens (tertiary/aromatic N) is 2. The summed E-state index contributed by atoms with van der Waals surface area (Å²) in [4.78, 5) is 39.9. The molecule has 2 aliphatic rings. The van der Waals surface area contributed by atoms with Crippen LogP contribution < -0.4 is 16.0 Å². The summed E-state index contributed by atoms with van der Waals surface area (Å²) >= 11 is 0. The first kappa shape index (κ1) is 20.1. The lowest BCUT2D eigenvalue weighted by atomic mass is 10.1. The van der Waals surface area contributed by atoms with Gasteiger partial charge in [-0.1, -0.05) is 30.3 Å². The van der Waals surface area contributed by atoms with Crippen LogP contribution >= 0.6 is 0 Å². The maximum atomic E-state index is 12.3. The number of hydrogen-bond acceptors (Lipinski definition) is 4. The van der Waals surface area contributed by atoms with Gasteiger partial charge in [0.25, 0.3) is 0 Å². The molecule has 2 aliphatic heterocycles. The van der Waals surface area contributed by atoms with Crippen LogP contribution in [0.3, 0.4) is 0 Å². The first-order valence-electron chi connectivity index (χ1n) is 9.98. The van der Waals surface area contributed by atoms with Crippen LogP contribution in [0.2, 0.25) is 0 Å². The Morgan fingerprint density at radius 3 is 2.61 bits per heavy atom. The molecule has 0 spiro atoms. The second kappa shape index (κ2) is 10.1. The highest BCUT2D eigenvalue weighted by atomic mass is 16.2. The number of carbonyl (C=O) groups excluding carboxylic acids is 3. The molecule has 1 aromatic carbocycles. The fourth-order valence-electron chi connectivity index (χ4n) is 3.69. The van der Waals surface area contributed by atoms with Crippen LogP contribution in [-0.4, -0.2) is 79.5 Å². The van der Waals surface area contributed by atoms with E-state index in [1.165, 1.54) is 5.56 Å². The van der Waals surface area contributed by atoms with E-state index in [0.717, 1.165) is 25.9 Å². The summed E-state index contributed by atoms with van der Waals surface area (Å²) in [5.74, 6) is -0.241. The van der Waals surface area contributed by atoms with Crippen molar-refractivity contribution in [2.75, 3.05) is 45.8 Å². The Morgan fingerprint density at radius 1 is 1.07 bits per heavy atom. The molecule has 2 fully saturated rings. The number of carbonyl (C=O) groups is 3. The zero-order valence-electron chi connectivity index (χ0n) is 16.2. The molecule has 1 unspecified atom stereocenters. The van der Waals surface area contributed by atoms with Crippen LogP contribution in [0, 0.1) is 0 Å². The molecule has 1 atom stereocenters. The van der Waals surface area contributed by atoms with Crippen LogP contribution in [0.4, 0.5) is 4.79 Å². The Kier molecular flexibility index (Phi) is 7.25. The number of aryl methyl sites for hydroxylation is 1. The molecule has 1 aromatic rings. The highest BCUT2D eigenvalue weighted by Crippen LogP contribution is 2.11. The Hall–Kier alpha value is -2.61. The van der Waals surface area contributed by atoms with E-state index in [1.807, 2.05) is 18.2 Å². The molecule has 0 bridgehead atoms. The average molecular weight is 387 g/mol. The molecule has 0 aromatic heterocycles. The molecule has 0 radical (unpaired) electrons. The number of piperazine rings is 1. The lowest BCUT2D eigenvalue weighted by Gasteiger charge is -2.34. The smallest absolute Gasteiger partial charge is 0.317 e. The van der Waals surface area contributed by atoms with Crippen molar-refractivity contribution < 1.29 is 14.4 Å². The van der Waals surface area contributed by atoms with Crippen LogP contribution in [0.15, 0.2) is 30.3 Å². The third kappa shape index (κ3) is 5.69. The van der Waals surface area contributed by atoms with Crippen molar-refractivity contribution in [3.8, 4) is 0 Å². The third-order valence-corrected chi connectivity index (χ3v) is 5.22. The van der Waals surface area contributed by atoms with Crippen molar-refractivity contribution in [2.45, 2.75) is 25.3 Å². The van der Waals surface area contributed by atoms with E-state index in [4.69, 9.17) is 0 Å². The zero-order chi connectivity index (χ0) is 19.8. The van der Waals surface area contributed by atoms with Gasteiger partial charge in [0.2, 0.25) is 11.8 Å². The van der Waals surface area contributed by atoms with E-state index in [-0.39, 0.29) is 24.3 Å². The van der Waals surface area contributed by atoms with Crippen molar-refractivity contribution in [1.29, 1.82) is 0 Å². The summed E-state index contributed by atoms with van der Waals surface area (Å²) in [5, 5.41) is 8.42. The van der Waals surface area contributed by atoms with Gasteiger partial charge in [-0.25, -0.2) is 4.79 Å². The van der Waals surface area contributed by atoms with E-state index in [9.17, 15) is 14.4 Å². The molecule has 0 aliphatic carbocycles. The fourth-order valence-corrected chi connectivity index (χ4v) is 3.69. The van der Waals surface area contributed by atoms with Crippen LogP contribution in [-0.2, 0) is 16.0 Å². The zero-order valence-corrected chi connectivity index (χ0v) is 16.2. The van der Waals surface area contributed by atoms with Gasteiger partial charge in [0, 0.05) is 39.3 Å². The van der Waals surface area contributed by atoms with E-state index < -0.39 is 6.04 Å². The molecule has 28 heavy (non-hydrogen) atoms. The van der Waals surface area contributed by atoms with Gasteiger partial charge in [0.1, 0.15) is 0 Å². The van der Waals surface area contributed by atoms with Gasteiger partial charge in [-0.3, -0.25) is 14.5 Å². The number of hydrogen-bond donors (Lipinski definition) is 3. The van der Waals surface area contributed by atoms with Gasteiger partial charge in [-0.2, -0.15) is 0 Å². The number of rotatable bonds is 9. The fraction of sp³-hybridized carbons (Fsp3) is 0.550. The lowest BCUT2D eigenvalue weighted by molar-refractivity contribution is -0.133. The van der Waals surface area contributed by atoms with Crippen molar-refractivity contribution >= 4 is 17.8 Å². The van der Waals surface area contributed by atoms with Crippen molar-refractivity contribution in [1.82, 2.24) is 25.8 Å². The minimum absolute atomic E-state index is 0.0833. The molecule has 4 amide bonds. The summed E-state index contributed by atoms with van der Waals surface area (Å²) in [6.07, 6.45) is 2.04. The maximum absolute atomic E-state index is 12.3. The molecular weight excluding hydrogens is 358 g/mol. The molecule has 8 heteroatoms. The highest BCUT2D eigenvalue weighted by Gasteiger charge is 2.31. The number of nitrogens with one attached hydrogen (secondary N) is 3. The van der Waals surface area contributed by atoms with Crippen molar-refractivity contribution in [3.05, 3.63) is 35.9 Å². The molecular formula is C20H29N5O3. The van der Waals surface area contributed by atoms with Gasteiger partial charge in [0.15, 0.2) is 0 Å². The van der Waals surface area contributed by atoms with Crippen LogP contribution in [0.1, 0.15) is 18.4 Å². The Bertz CT molecular complexity index is 682. The summed E-state index contributed by atoms with van der Waals surface area (Å²) < 4.78 is 0. The maximum Gasteiger partial charge on any atom is 0.317 e. The predicted octanol–water partition coefficient (Wildman–Crippen LogP) is -0.0489. The van der Waals surface area contributed by atoms with Gasteiger partial charge < -0.3 is 20.9 Å². The number of benzene rings is 1. The minimum atomic E-state index is -0.431. The quantitative estimate of drug-likeness (QED) is 0.554. The van der Waals surface area contributed by atoms with Gasteiger partial charge in [0.05, 0.1) is 12.5 Å². The van der Waals surface area contributed by atoms with Gasteiger partial charge >= 0.3 is 6.03 Å². The Morgan fingerprint density at radius 2 is 1.86 bits per heavy atom. The van der Waals surface area contributed by atoms with Gasteiger partial charge in [-0.05, 0) is 24.9 Å². The first-order chi connectivity index (χ1) is 13.6. The van der Waals surface area contributed by atoms with Crippen LogP contribution in [0.25, 0.3) is 0 Å². The van der Waals surface area contributed by atoms with Gasteiger partial charge in [-0.15, -0.1) is 0 Å². The number of urea groups is 1. The minimum Gasteiger partial charge on any atom is -0.354 e. The summed E-state index contributed by atoms with van der Waals surface area (Å²) in [5.41, 5.74) is 1.28. The van der Waals surface area contributed by atoms with Crippen LogP contribution in [0.5, 0.6) is 0 Å². The first-order valence-corrected chi connectivity index (χ1v) is 9.98. The van der Waals surface area contributed by atoms with E-state index in [1.54, 1.807) is 4.90 Å². The Labute approximate surface area is 165 Å². The van der Waals surface area contributed by atoms with E-state index >= 15 is 0 Å². The molecule has 0 saturated carbocycles.